The molecule has 1 saturated carbocycles. The van der Waals surface area contributed by atoms with Crippen LogP contribution < -0.4 is 5.32 Å². The van der Waals surface area contributed by atoms with E-state index in [1.165, 1.54) is 30.0 Å². The van der Waals surface area contributed by atoms with E-state index in [1.54, 1.807) is 0 Å². The quantitative estimate of drug-likeness (QED) is 0.792. The number of benzene rings is 1. The van der Waals surface area contributed by atoms with Crippen LogP contribution in [0.3, 0.4) is 0 Å². The largest absolute Gasteiger partial charge is 0.349 e. The molecule has 0 heterocycles. The molecule has 0 saturated heterocycles. The zero-order valence-corrected chi connectivity index (χ0v) is 10.6. The highest BCUT2D eigenvalue weighted by molar-refractivity contribution is 5.87. The molecule has 1 N–H and O–H groups in total. The SMILES string of the molecule is C=CC(=O)NC1C2CCC1Cc1ccccc1C2. The van der Waals surface area contributed by atoms with E-state index in [0.29, 0.717) is 17.9 Å². The number of hydrogen-bond donors (Lipinski definition) is 1. The lowest BCUT2D eigenvalue weighted by atomic mass is 9.94. The molecule has 1 aromatic carbocycles. The van der Waals surface area contributed by atoms with E-state index in [1.807, 2.05) is 0 Å². The second kappa shape index (κ2) is 4.60. The standard InChI is InChI=1S/C16H19NO/c1-2-15(18)17-16-13-7-8-14(16)10-12-6-4-3-5-11(12)9-13/h2-6,13-14,16H,1,7-10H2,(H,17,18). The van der Waals surface area contributed by atoms with Gasteiger partial charge < -0.3 is 5.32 Å². The van der Waals surface area contributed by atoms with Gasteiger partial charge >= 0.3 is 0 Å². The molecule has 2 nitrogen and oxygen atoms in total. The Labute approximate surface area is 108 Å². The monoisotopic (exact) mass is 241 g/mol. The fraction of sp³-hybridized carbons (Fsp3) is 0.438. The van der Waals surface area contributed by atoms with Crippen LogP contribution in [0.25, 0.3) is 0 Å². The molecule has 1 amide bonds. The molecule has 2 unspecified atom stereocenters. The summed E-state index contributed by atoms with van der Waals surface area (Å²) in [7, 11) is 0. The average Bonchev–Trinajstić information content (AvgIpc) is 2.65. The van der Waals surface area contributed by atoms with Crippen LogP contribution in [0.4, 0.5) is 0 Å². The highest BCUT2D eigenvalue weighted by Gasteiger charge is 2.39. The summed E-state index contributed by atoms with van der Waals surface area (Å²) in [6.07, 6.45) is 6.07. The van der Waals surface area contributed by atoms with Crippen LogP contribution in [0.1, 0.15) is 24.0 Å². The third-order valence-electron chi connectivity index (χ3n) is 4.50. The molecule has 0 radical (unpaired) electrons. The molecular weight excluding hydrogens is 222 g/mol. The number of amides is 1. The molecule has 2 bridgehead atoms. The maximum Gasteiger partial charge on any atom is 0.243 e. The van der Waals surface area contributed by atoms with E-state index in [0.717, 1.165) is 12.8 Å². The van der Waals surface area contributed by atoms with Gasteiger partial charge in [0.2, 0.25) is 5.91 Å². The molecule has 2 aliphatic rings. The maximum absolute atomic E-state index is 11.6. The van der Waals surface area contributed by atoms with Crippen LogP contribution in [-0.2, 0) is 17.6 Å². The first-order chi connectivity index (χ1) is 8.78. The van der Waals surface area contributed by atoms with E-state index in [2.05, 4.69) is 36.2 Å². The second-order valence-electron chi connectivity index (χ2n) is 5.51. The van der Waals surface area contributed by atoms with Crippen molar-refractivity contribution in [1.29, 1.82) is 0 Å². The van der Waals surface area contributed by atoms with E-state index >= 15 is 0 Å². The maximum atomic E-state index is 11.6. The van der Waals surface area contributed by atoms with Crippen molar-refractivity contribution >= 4 is 5.91 Å². The molecule has 94 valence electrons. The fourth-order valence-corrected chi connectivity index (χ4v) is 3.61. The summed E-state index contributed by atoms with van der Waals surface area (Å²) < 4.78 is 0. The Balaban J connectivity index is 1.86. The van der Waals surface area contributed by atoms with E-state index < -0.39 is 0 Å². The molecule has 0 aliphatic heterocycles. The average molecular weight is 241 g/mol. The molecule has 2 atom stereocenters. The molecule has 18 heavy (non-hydrogen) atoms. The summed E-state index contributed by atoms with van der Waals surface area (Å²) in [5, 5.41) is 3.15. The van der Waals surface area contributed by atoms with Crippen LogP contribution in [-0.4, -0.2) is 11.9 Å². The first-order valence-corrected chi connectivity index (χ1v) is 6.77. The van der Waals surface area contributed by atoms with Crippen LogP contribution in [0.2, 0.25) is 0 Å². The first-order valence-electron chi connectivity index (χ1n) is 6.77. The second-order valence-corrected chi connectivity index (χ2v) is 5.51. The van der Waals surface area contributed by atoms with Crippen LogP contribution in [0.15, 0.2) is 36.9 Å². The molecule has 2 aliphatic carbocycles. The van der Waals surface area contributed by atoms with Gasteiger partial charge in [-0.25, -0.2) is 0 Å². The van der Waals surface area contributed by atoms with Crippen LogP contribution >= 0.6 is 0 Å². The highest BCUT2D eigenvalue weighted by Crippen LogP contribution is 2.39. The Kier molecular flexibility index (Phi) is 2.94. The summed E-state index contributed by atoms with van der Waals surface area (Å²) in [5.41, 5.74) is 2.95. The van der Waals surface area contributed by atoms with Gasteiger partial charge in [-0.05, 0) is 54.7 Å². The van der Waals surface area contributed by atoms with Gasteiger partial charge in [0.1, 0.15) is 0 Å². The number of hydrogen-bond acceptors (Lipinski definition) is 1. The van der Waals surface area contributed by atoms with Gasteiger partial charge in [-0.3, -0.25) is 4.79 Å². The van der Waals surface area contributed by atoms with Crippen molar-refractivity contribution in [1.82, 2.24) is 5.32 Å². The summed E-state index contributed by atoms with van der Waals surface area (Å²) in [5.74, 6) is 1.17. The van der Waals surface area contributed by atoms with Gasteiger partial charge in [0.05, 0.1) is 0 Å². The Hall–Kier alpha value is -1.57. The zero-order chi connectivity index (χ0) is 12.5. The lowest BCUT2D eigenvalue weighted by Crippen LogP contribution is -2.41. The van der Waals surface area contributed by atoms with Crippen LogP contribution in [0.5, 0.6) is 0 Å². The minimum atomic E-state index is -0.0251. The van der Waals surface area contributed by atoms with E-state index in [4.69, 9.17) is 0 Å². The first kappa shape index (κ1) is 11.5. The molecule has 2 heteroatoms. The van der Waals surface area contributed by atoms with E-state index in [-0.39, 0.29) is 5.91 Å². The Bertz CT molecular complexity index is 447. The molecule has 0 aromatic heterocycles. The summed E-state index contributed by atoms with van der Waals surface area (Å²) in [6, 6.07) is 9.05. The smallest absolute Gasteiger partial charge is 0.243 e. The normalized spacial score (nSPS) is 29.2. The van der Waals surface area contributed by atoms with Crippen LogP contribution in [0, 0.1) is 11.8 Å². The highest BCUT2D eigenvalue weighted by atomic mass is 16.1. The summed E-state index contributed by atoms with van der Waals surface area (Å²) in [6.45, 7) is 3.55. The van der Waals surface area contributed by atoms with Gasteiger partial charge in [0.25, 0.3) is 0 Å². The van der Waals surface area contributed by atoms with Gasteiger partial charge in [0.15, 0.2) is 0 Å². The van der Waals surface area contributed by atoms with Crippen molar-refractivity contribution < 1.29 is 4.79 Å². The topological polar surface area (TPSA) is 29.1 Å². The number of nitrogens with one attached hydrogen (secondary N) is 1. The lowest BCUT2D eigenvalue weighted by molar-refractivity contribution is -0.117. The minimum Gasteiger partial charge on any atom is -0.349 e. The number of carbonyl (C=O) groups is 1. The van der Waals surface area contributed by atoms with Crippen molar-refractivity contribution in [3.05, 3.63) is 48.0 Å². The number of rotatable bonds is 2. The lowest BCUT2D eigenvalue weighted by Gasteiger charge is -2.22. The zero-order valence-electron chi connectivity index (χ0n) is 10.6. The third kappa shape index (κ3) is 1.96. The molecular formula is C16H19NO. The van der Waals surface area contributed by atoms with Gasteiger partial charge in [0, 0.05) is 6.04 Å². The Morgan fingerprint density at radius 1 is 1.17 bits per heavy atom. The van der Waals surface area contributed by atoms with Crippen molar-refractivity contribution in [2.45, 2.75) is 31.7 Å². The van der Waals surface area contributed by atoms with Crippen molar-refractivity contribution in [3.8, 4) is 0 Å². The Morgan fingerprint density at radius 2 is 1.72 bits per heavy atom. The molecule has 1 aromatic rings. The summed E-state index contributed by atoms with van der Waals surface area (Å²) >= 11 is 0. The molecule has 0 spiro atoms. The minimum absolute atomic E-state index is 0.0251. The third-order valence-corrected chi connectivity index (χ3v) is 4.50. The Morgan fingerprint density at radius 3 is 2.22 bits per heavy atom. The summed E-state index contributed by atoms with van der Waals surface area (Å²) in [4.78, 5) is 11.6. The molecule has 1 fully saturated rings. The number of fused-ring (bicyclic) bond motifs is 3. The fourth-order valence-electron chi connectivity index (χ4n) is 3.61. The van der Waals surface area contributed by atoms with Crippen molar-refractivity contribution in [2.75, 3.05) is 0 Å². The van der Waals surface area contributed by atoms with Crippen molar-refractivity contribution in [3.63, 3.8) is 0 Å². The van der Waals surface area contributed by atoms with Gasteiger partial charge in [-0.15, -0.1) is 0 Å². The predicted octanol–water partition coefficient (Wildman–Crippen LogP) is 2.48. The van der Waals surface area contributed by atoms with E-state index in [9.17, 15) is 4.79 Å². The number of carbonyl (C=O) groups excluding carboxylic acids is 1. The predicted molar refractivity (Wildman–Crippen MR) is 72.2 cm³/mol. The van der Waals surface area contributed by atoms with Crippen molar-refractivity contribution in [2.24, 2.45) is 11.8 Å². The van der Waals surface area contributed by atoms with Gasteiger partial charge in [-0.1, -0.05) is 30.8 Å². The van der Waals surface area contributed by atoms with Gasteiger partial charge in [-0.2, -0.15) is 0 Å². The molecule has 3 rings (SSSR count).